The number of ether oxygens (including phenoxy) is 1. The largest absolute Gasteiger partial charge is 0.416 e. The Morgan fingerprint density at radius 2 is 2.16 bits per heavy atom. The predicted octanol–water partition coefficient (Wildman–Crippen LogP) is 1.94. The second kappa shape index (κ2) is 5.90. The summed E-state index contributed by atoms with van der Waals surface area (Å²) in [5, 5.41) is 12.7. The smallest absolute Gasteiger partial charge is 0.391 e. The molecule has 19 heavy (non-hydrogen) atoms. The SMILES string of the molecule is O[C@@H]1CCOC[C@H]1NCc1cccc(C(F)(F)F)c1. The number of alkyl halides is 3. The van der Waals surface area contributed by atoms with Crippen molar-refractivity contribution in [2.24, 2.45) is 0 Å². The van der Waals surface area contributed by atoms with Gasteiger partial charge in [0.1, 0.15) is 0 Å². The maximum absolute atomic E-state index is 12.5. The van der Waals surface area contributed by atoms with Crippen LogP contribution in [0.1, 0.15) is 17.5 Å². The number of nitrogens with one attached hydrogen (secondary N) is 1. The topological polar surface area (TPSA) is 41.5 Å². The van der Waals surface area contributed by atoms with Crippen molar-refractivity contribution in [2.45, 2.75) is 31.3 Å². The van der Waals surface area contributed by atoms with Gasteiger partial charge in [-0.15, -0.1) is 0 Å². The summed E-state index contributed by atoms with van der Waals surface area (Å²) in [6, 6.07) is 4.93. The van der Waals surface area contributed by atoms with Crippen molar-refractivity contribution in [3.05, 3.63) is 35.4 Å². The van der Waals surface area contributed by atoms with Crippen LogP contribution in [0.25, 0.3) is 0 Å². The van der Waals surface area contributed by atoms with Crippen LogP contribution in [-0.2, 0) is 17.5 Å². The molecule has 0 aromatic heterocycles. The highest BCUT2D eigenvalue weighted by molar-refractivity contribution is 5.25. The summed E-state index contributed by atoms with van der Waals surface area (Å²) in [4.78, 5) is 0. The molecule has 0 amide bonds. The fourth-order valence-corrected chi connectivity index (χ4v) is 2.03. The molecule has 1 aromatic carbocycles. The van der Waals surface area contributed by atoms with Gasteiger partial charge in [0.05, 0.1) is 24.3 Å². The zero-order valence-electron chi connectivity index (χ0n) is 10.3. The Morgan fingerprint density at radius 3 is 2.84 bits per heavy atom. The molecule has 2 atom stereocenters. The number of hydrogen-bond acceptors (Lipinski definition) is 3. The Bertz CT molecular complexity index is 423. The number of benzene rings is 1. The van der Waals surface area contributed by atoms with Crippen LogP contribution in [0.2, 0.25) is 0 Å². The number of hydrogen-bond donors (Lipinski definition) is 2. The maximum atomic E-state index is 12.5. The second-order valence-corrected chi connectivity index (χ2v) is 4.62. The molecule has 1 saturated heterocycles. The van der Waals surface area contributed by atoms with E-state index in [0.717, 1.165) is 12.1 Å². The van der Waals surface area contributed by atoms with Gasteiger partial charge in [0.2, 0.25) is 0 Å². The van der Waals surface area contributed by atoms with E-state index in [1.807, 2.05) is 0 Å². The zero-order chi connectivity index (χ0) is 13.9. The van der Waals surface area contributed by atoms with Gasteiger partial charge in [0, 0.05) is 13.2 Å². The molecule has 1 aliphatic rings. The van der Waals surface area contributed by atoms with Gasteiger partial charge in [-0.2, -0.15) is 13.2 Å². The number of aliphatic hydroxyl groups excluding tert-OH is 1. The predicted molar refractivity (Wildman–Crippen MR) is 63.5 cm³/mol. The highest BCUT2D eigenvalue weighted by atomic mass is 19.4. The van der Waals surface area contributed by atoms with Crippen molar-refractivity contribution in [3.63, 3.8) is 0 Å². The van der Waals surface area contributed by atoms with E-state index >= 15 is 0 Å². The van der Waals surface area contributed by atoms with Gasteiger partial charge in [-0.3, -0.25) is 0 Å². The van der Waals surface area contributed by atoms with Crippen LogP contribution in [0.3, 0.4) is 0 Å². The van der Waals surface area contributed by atoms with Gasteiger partial charge in [0.15, 0.2) is 0 Å². The average Bonchev–Trinajstić information content (AvgIpc) is 2.37. The quantitative estimate of drug-likeness (QED) is 0.886. The Labute approximate surface area is 109 Å². The summed E-state index contributed by atoms with van der Waals surface area (Å²) in [7, 11) is 0. The standard InChI is InChI=1S/C13H16F3NO2/c14-13(15,16)10-3-1-2-9(6-10)7-17-11-8-19-5-4-12(11)18/h1-3,6,11-12,17-18H,4-5,7-8H2/t11-,12-/m1/s1. The van der Waals surface area contributed by atoms with Crippen LogP contribution in [-0.4, -0.2) is 30.5 Å². The first-order chi connectivity index (χ1) is 8.97. The third-order valence-electron chi connectivity index (χ3n) is 3.14. The van der Waals surface area contributed by atoms with Crippen molar-refractivity contribution in [2.75, 3.05) is 13.2 Å². The molecule has 0 saturated carbocycles. The third-order valence-corrected chi connectivity index (χ3v) is 3.14. The fourth-order valence-electron chi connectivity index (χ4n) is 2.03. The van der Waals surface area contributed by atoms with Crippen molar-refractivity contribution in [1.29, 1.82) is 0 Å². The summed E-state index contributed by atoms with van der Waals surface area (Å²) >= 11 is 0. The molecule has 6 heteroatoms. The Hall–Kier alpha value is -1.11. The summed E-state index contributed by atoms with van der Waals surface area (Å²) in [6.45, 7) is 1.16. The molecule has 1 heterocycles. The van der Waals surface area contributed by atoms with Gasteiger partial charge < -0.3 is 15.2 Å². The molecule has 1 aliphatic heterocycles. The monoisotopic (exact) mass is 275 g/mol. The normalized spacial score (nSPS) is 24.4. The van der Waals surface area contributed by atoms with Crippen LogP contribution >= 0.6 is 0 Å². The van der Waals surface area contributed by atoms with Crippen LogP contribution < -0.4 is 5.32 Å². The van der Waals surface area contributed by atoms with Gasteiger partial charge >= 0.3 is 6.18 Å². The second-order valence-electron chi connectivity index (χ2n) is 4.62. The molecule has 0 aliphatic carbocycles. The van der Waals surface area contributed by atoms with Crippen LogP contribution in [0.5, 0.6) is 0 Å². The van der Waals surface area contributed by atoms with Crippen molar-refractivity contribution in [3.8, 4) is 0 Å². The first kappa shape index (κ1) is 14.3. The molecule has 0 unspecified atom stereocenters. The van der Waals surface area contributed by atoms with Gasteiger partial charge in [-0.25, -0.2) is 0 Å². The van der Waals surface area contributed by atoms with Crippen LogP contribution in [0, 0.1) is 0 Å². The lowest BCUT2D eigenvalue weighted by Gasteiger charge is -2.28. The molecule has 0 radical (unpaired) electrons. The molecule has 3 nitrogen and oxygen atoms in total. The van der Waals surface area contributed by atoms with E-state index in [-0.39, 0.29) is 12.6 Å². The highest BCUT2D eigenvalue weighted by Crippen LogP contribution is 2.29. The molecular weight excluding hydrogens is 259 g/mol. The molecular formula is C13H16F3NO2. The van der Waals surface area contributed by atoms with Crippen molar-refractivity contribution >= 4 is 0 Å². The van der Waals surface area contributed by atoms with E-state index in [9.17, 15) is 18.3 Å². The first-order valence-corrected chi connectivity index (χ1v) is 6.12. The minimum Gasteiger partial charge on any atom is -0.391 e. The minimum atomic E-state index is -4.33. The minimum absolute atomic E-state index is 0.233. The third kappa shape index (κ3) is 3.92. The summed E-state index contributed by atoms with van der Waals surface area (Å²) < 4.78 is 42.8. The maximum Gasteiger partial charge on any atom is 0.416 e. The Kier molecular flexibility index (Phi) is 4.44. The lowest BCUT2D eigenvalue weighted by molar-refractivity contribution is -0.137. The molecule has 2 N–H and O–H groups in total. The van der Waals surface area contributed by atoms with E-state index in [1.54, 1.807) is 6.07 Å². The Balaban J connectivity index is 1.96. The van der Waals surface area contributed by atoms with Crippen molar-refractivity contribution in [1.82, 2.24) is 5.32 Å². The number of rotatable bonds is 3. The lowest BCUT2D eigenvalue weighted by Crippen LogP contribution is -2.46. The molecule has 0 spiro atoms. The van der Waals surface area contributed by atoms with E-state index in [2.05, 4.69) is 5.32 Å². The van der Waals surface area contributed by atoms with E-state index in [4.69, 9.17) is 4.74 Å². The van der Waals surface area contributed by atoms with Crippen LogP contribution in [0.15, 0.2) is 24.3 Å². The lowest BCUT2D eigenvalue weighted by atomic mass is 10.1. The van der Waals surface area contributed by atoms with Gasteiger partial charge in [-0.05, 0) is 18.1 Å². The fraction of sp³-hybridized carbons (Fsp3) is 0.538. The molecule has 0 bridgehead atoms. The summed E-state index contributed by atoms with van der Waals surface area (Å²) in [5.41, 5.74) is -0.125. The zero-order valence-corrected chi connectivity index (χ0v) is 10.3. The molecule has 1 aromatic rings. The molecule has 2 rings (SSSR count). The Morgan fingerprint density at radius 1 is 1.37 bits per heavy atom. The number of halogens is 3. The van der Waals surface area contributed by atoms with E-state index < -0.39 is 17.8 Å². The summed E-state index contributed by atoms with van der Waals surface area (Å²) in [5.74, 6) is 0. The first-order valence-electron chi connectivity index (χ1n) is 6.12. The molecule has 106 valence electrons. The van der Waals surface area contributed by atoms with Gasteiger partial charge in [0.25, 0.3) is 0 Å². The molecule has 1 fully saturated rings. The number of aliphatic hydroxyl groups is 1. The van der Waals surface area contributed by atoms with E-state index in [1.165, 1.54) is 6.07 Å². The van der Waals surface area contributed by atoms with E-state index in [0.29, 0.717) is 25.2 Å². The average molecular weight is 275 g/mol. The van der Waals surface area contributed by atoms with Crippen LogP contribution in [0.4, 0.5) is 13.2 Å². The van der Waals surface area contributed by atoms with Gasteiger partial charge in [-0.1, -0.05) is 18.2 Å². The van der Waals surface area contributed by atoms with Crippen molar-refractivity contribution < 1.29 is 23.0 Å². The highest BCUT2D eigenvalue weighted by Gasteiger charge is 2.30. The summed E-state index contributed by atoms with van der Waals surface area (Å²) in [6.07, 6.45) is -4.30.